The van der Waals surface area contributed by atoms with E-state index in [0.717, 1.165) is 23.1 Å². The van der Waals surface area contributed by atoms with Crippen LogP contribution in [0.1, 0.15) is 43.9 Å². The molecule has 3 aromatic carbocycles. The number of thioether (sulfide) groups is 1. The molecule has 0 heterocycles. The zero-order valence-electron chi connectivity index (χ0n) is 22.1. The Morgan fingerprint density at radius 2 is 1.48 bits per heavy atom. The second kappa shape index (κ2) is 14.6. The van der Waals surface area contributed by atoms with E-state index in [0.29, 0.717) is 33.0 Å². The SMILES string of the molecule is CC(C)CC(C)Oc1ccc(-c2ccc(CSCc3ccc(CP(=O)(OF)OF)c(Br)c3)cc2)cc1P(=O)(O)O. The Morgan fingerprint density at radius 1 is 0.875 bits per heavy atom. The molecule has 0 saturated carbocycles. The highest BCUT2D eigenvalue weighted by atomic mass is 79.9. The molecule has 0 radical (unpaired) electrons. The first kappa shape index (κ1) is 33.0. The highest BCUT2D eigenvalue weighted by molar-refractivity contribution is 9.10. The van der Waals surface area contributed by atoms with Crippen LogP contribution in [0.5, 0.6) is 5.75 Å². The van der Waals surface area contributed by atoms with Crippen molar-refractivity contribution in [2.24, 2.45) is 5.92 Å². The predicted molar refractivity (Wildman–Crippen MR) is 158 cm³/mol. The van der Waals surface area contributed by atoms with Gasteiger partial charge in [0.15, 0.2) is 0 Å². The first-order valence-electron chi connectivity index (χ1n) is 12.3. The summed E-state index contributed by atoms with van der Waals surface area (Å²) in [7, 11) is -9.03. The first-order valence-corrected chi connectivity index (χ1v) is 17.6. The van der Waals surface area contributed by atoms with Crippen molar-refractivity contribution in [2.75, 3.05) is 0 Å². The predicted octanol–water partition coefficient (Wildman–Crippen LogP) is 8.66. The fourth-order valence-corrected chi connectivity index (χ4v) is 7.37. The highest BCUT2D eigenvalue weighted by Gasteiger charge is 2.29. The summed E-state index contributed by atoms with van der Waals surface area (Å²) in [5.74, 6) is 1.94. The molecule has 0 aliphatic rings. The summed E-state index contributed by atoms with van der Waals surface area (Å²) >= 11 is 4.98. The molecule has 40 heavy (non-hydrogen) atoms. The van der Waals surface area contributed by atoms with E-state index in [2.05, 4.69) is 39.2 Å². The third kappa shape index (κ3) is 9.50. The fourth-order valence-electron chi connectivity index (χ4n) is 4.11. The van der Waals surface area contributed by atoms with Gasteiger partial charge in [-0.05, 0) is 74.3 Å². The summed E-state index contributed by atoms with van der Waals surface area (Å²) in [6, 6.07) is 17.8. The normalized spacial score (nSPS) is 13.0. The Morgan fingerprint density at radius 3 is 2.05 bits per heavy atom. The highest BCUT2D eigenvalue weighted by Crippen LogP contribution is 2.53. The molecular formula is C27H31BrF2O7P2S. The average Bonchev–Trinajstić information content (AvgIpc) is 2.89. The minimum atomic E-state index is -4.56. The molecule has 0 aromatic heterocycles. The molecular weight excluding hydrogens is 648 g/mol. The minimum absolute atomic E-state index is 0.130. The summed E-state index contributed by atoms with van der Waals surface area (Å²) in [4.78, 5) is 19.9. The standard InChI is InChI=1S/C27H31BrF2O7P2S/c1-18(2)12-19(3)35-26-11-10-23(14-27(26)39(32,33)34)22-7-4-20(5-8-22)16-40-17-21-6-9-24(25(28)13-21)15-38(31,36-29)37-30/h4-11,13-14,18-19H,12,15-17H2,1-3H3,(H2,32,33,34). The minimum Gasteiger partial charge on any atom is -0.490 e. The van der Waals surface area contributed by atoms with E-state index >= 15 is 0 Å². The van der Waals surface area contributed by atoms with Crippen molar-refractivity contribution in [3.63, 3.8) is 0 Å². The van der Waals surface area contributed by atoms with Crippen molar-refractivity contribution in [1.82, 2.24) is 0 Å². The molecule has 0 fully saturated rings. The zero-order valence-corrected chi connectivity index (χ0v) is 26.3. The zero-order chi connectivity index (χ0) is 29.5. The molecule has 0 saturated heterocycles. The van der Waals surface area contributed by atoms with Gasteiger partial charge in [0.05, 0.1) is 12.3 Å². The smallest absolute Gasteiger partial charge is 0.399 e. The van der Waals surface area contributed by atoms with Crippen LogP contribution < -0.4 is 10.0 Å². The van der Waals surface area contributed by atoms with Crippen LogP contribution in [0, 0.1) is 5.92 Å². The van der Waals surface area contributed by atoms with Gasteiger partial charge in [0.2, 0.25) is 0 Å². The molecule has 1 atom stereocenters. The van der Waals surface area contributed by atoms with E-state index in [1.807, 2.05) is 31.2 Å². The molecule has 3 rings (SSSR count). The van der Waals surface area contributed by atoms with Gasteiger partial charge in [-0.3, -0.25) is 9.13 Å². The molecule has 3 aromatic rings. The van der Waals surface area contributed by atoms with Crippen LogP contribution in [-0.2, 0) is 36.3 Å². The van der Waals surface area contributed by atoms with Crippen LogP contribution in [0.25, 0.3) is 11.1 Å². The van der Waals surface area contributed by atoms with Crippen molar-refractivity contribution in [3.05, 3.63) is 81.8 Å². The van der Waals surface area contributed by atoms with Gasteiger partial charge in [-0.1, -0.05) is 72.2 Å². The van der Waals surface area contributed by atoms with Gasteiger partial charge in [-0.15, -0.1) is 9.46 Å². The van der Waals surface area contributed by atoms with Gasteiger partial charge in [0.1, 0.15) is 11.1 Å². The number of ether oxygens (including phenoxy) is 1. The van der Waals surface area contributed by atoms with Gasteiger partial charge < -0.3 is 14.5 Å². The first-order chi connectivity index (χ1) is 18.8. The van der Waals surface area contributed by atoms with Gasteiger partial charge >= 0.3 is 15.2 Å². The van der Waals surface area contributed by atoms with E-state index in [-0.39, 0.29) is 17.2 Å². The van der Waals surface area contributed by atoms with Crippen molar-refractivity contribution < 1.29 is 42.2 Å². The maximum absolute atomic E-state index is 12.4. The topological polar surface area (TPSA) is 102 Å². The molecule has 13 heteroatoms. The maximum Gasteiger partial charge on any atom is 0.399 e. The molecule has 0 bridgehead atoms. The lowest BCUT2D eigenvalue weighted by Gasteiger charge is -2.20. The van der Waals surface area contributed by atoms with Crippen LogP contribution in [0.2, 0.25) is 0 Å². The summed E-state index contributed by atoms with van der Waals surface area (Å²) in [5.41, 5.74) is 3.88. The molecule has 0 aliphatic carbocycles. The largest absolute Gasteiger partial charge is 0.490 e. The maximum atomic E-state index is 12.4. The number of hydrogen-bond donors (Lipinski definition) is 2. The van der Waals surface area contributed by atoms with Crippen LogP contribution in [0.15, 0.2) is 65.1 Å². The van der Waals surface area contributed by atoms with Gasteiger partial charge in [-0.2, -0.15) is 11.8 Å². The number of hydrogen-bond acceptors (Lipinski definition) is 6. The lowest BCUT2D eigenvalue weighted by Crippen LogP contribution is -2.19. The molecule has 1 unspecified atom stereocenters. The molecule has 0 amide bonds. The van der Waals surface area contributed by atoms with E-state index in [4.69, 9.17) is 4.74 Å². The lowest BCUT2D eigenvalue weighted by atomic mass is 10.0. The van der Waals surface area contributed by atoms with Crippen LogP contribution in [-0.4, -0.2) is 15.9 Å². The Labute approximate surface area is 245 Å². The van der Waals surface area contributed by atoms with Gasteiger partial charge in [-0.25, -0.2) is 0 Å². The molecule has 7 nitrogen and oxygen atoms in total. The second-order valence-corrected chi connectivity index (χ2v) is 15.0. The average molecular weight is 679 g/mol. The van der Waals surface area contributed by atoms with Crippen LogP contribution in [0.4, 0.5) is 9.05 Å². The number of rotatable bonds is 14. The third-order valence-corrected chi connectivity index (χ3v) is 9.86. The molecule has 0 aliphatic heterocycles. The molecule has 2 N–H and O–H groups in total. The van der Waals surface area contributed by atoms with Crippen molar-refractivity contribution in [3.8, 4) is 16.9 Å². The van der Waals surface area contributed by atoms with Gasteiger partial charge in [0, 0.05) is 16.0 Å². The second-order valence-electron chi connectivity index (χ2n) is 9.81. The van der Waals surface area contributed by atoms with Crippen LogP contribution >= 0.6 is 42.9 Å². The molecule has 218 valence electrons. The van der Waals surface area contributed by atoms with Crippen molar-refractivity contribution in [1.29, 1.82) is 0 Å². The number of halogens is 3. The Bertz CT molecular complexity index is 1380. The number of benzene rings is 3. The summed E-state index contributed by atoms with van der Waals surface area (Å²) in [5, 5.41) is -0.130. The third-order valence-electron chi connectivity index (χ3n) is 5.92. The van der Waals surface area contributed by atoms with Gasteiger partial charge in [0.25, 0.3) is 0 Å². The van der Waals surface area contributed by atoms with Crippen molar-refractivity contribution in [2.45, 2.75) is 51.0 Å². The molecule has 0 spiro atoms. The Hall–Kier alpha value is -1.55. The van der Waals surface area contributed by atoms with E-state index in [1.165, 1.54) is 6.07 Å². The van der Waals surface area contributed by atoms with E-state index < -0.39 is 21.4 Å². The van der Waals surface area contributed by atoms with Crippen molar-refractivity contribution >= 4 is 48.2 Å². The monoisotopic (exact) mass is 678 g/mol. The Balaban J connectivity index is 1.64. The Kier molecular flexibility index (Phi) is 12.0. The quantitative estimate of drug-likeness (QED) is 0.163. The fraction of sp³-hybridized carbons (Fsp3) is 0.333. The van der Waals surface area contributed by atoms with E-state index in [1.54, 1.807) is 42.1 Å². The summed E-state index contributed by atoms with van der Waals surface area (Å²) in [6.45, 7) is 6.01. The van der Waals surface area contributed by atoms with E-state index in [9.17, 15) is 28.0 Å². The summed E-state index contributed by atoms with van der Waals surface area (Å²) in [6.07, 6.45) is 0.0279. The summed E-state index contributed by atoms with van der Waals surface area (Å²) < 4.78 is 61.4. The lowest BCUT2D eigenvalue weighted by molar-refractivity contribution is -0.0881. The van der Waals surface area contributed by atoms with Crippen LogP contribution in [0.3, 0.4) is 0 Å².